The molecule has 28 heavy (non-hydrogen) atoms. The normalized spacial score (nSPS) is 11.5. The number of benzene rings is 1. The number of aliphatic imine (C=N–C) groups is 1. The number of methoxy groups -OCH3 is 1. The third-order valence-corrected chi connectivity index (χ3v) is 4.26. The van der Waals surface area contributed by atoms with E-state index in [1.165, 1.54) is 0 Å². The Bertz CT molecular complexity index is 722. The third-order valence-electron chi connectivity index (χ3n) is 4.26. The largest absolute Gasteiger partial charge is 0.491 e. The molecule has 0 saturated heterocycles. The topological polar surface area (TPSA) is 80.9 Å². The van der Waals surface area contributed by atoms with Gasteiger partial charge in [-0.05, 0) is 31.0 Å². The number of nitrogens with zero attached hydrogens (tertiary/aromatic N) is 2. The minimum Gasteiger partial charge on any atom is -0.491 e. The maximum absolute atomic E-state index is 5.67. The molecule has 1 aromatic carbocycles. The van der Waals surface area contributed by atoms with Crippen LogP contribution in [0.4, 0.5) is 0 Å². The Kier molecular flexibility index (Phi) is 9.34. The van der Waals surface area contributed by atoms with Crippen LogP contribution in [-0.2, 0) is 30.7 Å². The lowest BCUT2D eigenvalue weighted by molar-refractivity contribution is 0.146. The highest BCUT2D eigenvalue weighted by Crippen LogP contribution is 2.16. The van der Waals surface area contributed by atoms with Crippen molar-refractivity contribution in [2.75, 3.05) is 26.9 Å². The average molecular weight is 389 g/mol. The Balaban J connectivity index is 2.00. The van der Waals surface area contributed by atoms with Crippen molar-refractivity contribution in [3.63, 3.8) is 0 Å². The minimum absolute atomic E-state index is 0.533. The van der Waals surface area contributed by atoms with Crippen LogP contribution >= 0.6 is 0 Å². The molecule has 0 aliphatic carbocycles. The Morgan fingerprint density at radius 2 is 2.00 bits per heavy atom. The fourth-order valence-corrected chi connectivity index (χ4v) is 2.80. The van der Waals surface area contributed by atoms with Gasteiger partial charge >= 0.3 is 0 Å². The van der Waals surface area contributed by atoms with Gasteiger partial charge < -0.3 is 24.6 Å². The Labute approximate surface area is 167 Å². The van der Waals surface area contributed by atoms with Crippen LogP contribution in [0.3, 0.4) is 0 Å². The molecule has 0 aliphatic rings. The van der Waals surface area contributed by atoms with Gasteiger partial charge in [0.15, 0.2) is 5.96 Å². The molecule has 0 atom stereocenters. The molecular formula is C21H32N4O3. The van der Waals surface area contributed by atoms with Crippen molar-refractivity contribution in [2.45, 2.75) is 46.7 Å². The lowest BCUT2D eigenvalue weighted by Gasteiger charge is -2.12. The van der Waals surface area contributed by atoms with E-state index in [9.17, 15) is 0 Å². The fraction of sp³-hybridized carbons (Fsp3) is 0.524. The van der Waals surface area contributed by atoms with Crippen LogP contribution in [-0.4, -0.2) is 38.0 Å². The van der Waals surface area contributed by atoms with Crippen LogP contribution in [0.5, 0.6) is 5.75 Å². The van der Waals surface area contributed by atoms with E-state index in [1.807, 2.05) is 24.3 Å². The molecular weight excluding hydrogens is 356 g/mol. The van der Waals surface area contributed by atoms with Gasteiger partial charge in [0, 0.05) is 32.2 Å². The molecule has 2 N–H and O–H groups in total. The van der Waals surface area contributed by atoms with Crippen molar-refractivity contribution in [3.8, 4) is 5.75 Å². The van der Waals surface area contributed by atoms with E-state index < -0.39 is 0 Å². The van der Waals surface area contributed by atoms with Crippen molar-refractivity contribution < 1.29 is 14.0 Å². The molecule has 2 aromatic rings. The van der Waals surface area contributed by atoms with Gasteiger partial charge in [0.1, 0.15) is 18.1 Å². The molecule has 0 bridgehead atoms. The zero-order chi connectivity index (χ0) is 20.2. The Hall–Kier alpha value is -2.54. The van der Waals surface area contributed by atoms with Crippen molar-refractivity contribution in [3.05, 3.63) is 46.8 Å². The predicted molar refractivity (Wildman–Crippen MR) is 111 cm³/mol. The van der Waals surface area contributed by atoms with Gasteiger partial charge in [-0.1, -0.05) is 31.1 Å². The second-order valence-electron chi connectivity index (χ2n) is 6.28. The van der Waals surface area contributed by atoms with Crippen molar-refractivity contribution in [1.82, 2.24) is 15.8 Å². The molecule has 0 radical (unpaired) electrons. The molecule has 2 rings (SSSR count). The number of aryl methyl sites for hydroxylation is 2. The van der Waals surface area contributed by atoms with Gasteiger partial charge in [0.25, 0.3) is 0 Å². The van der Waals surface area contributed by atoms with Gasteiger partial charge in [-0.25, -0.2) is 4.99 Å². The first-order valence-electron chi connectivity index (χ1n) is 9.90. The van der Waals surface area contributed by atoms with Gasteiger partial charge in [-0.15, -0.1) is 0 Å². The molecule has 0 saturated carbocycles. The maximum atomic E-state index is 5.67. The van der Waals surface area contributed by atoms with Gasteiger partial charge in [0.05, 0.1) is 18.8 Å². The van der Waals surface area contributed by atoms with E-state index in [0.717, 1.165) is 53.7 Å². The molecule has 7 heteroatoms. The van der Waals surface area contributed by atoms with E-state index in [1.54, 1.807) is 7.11 Å². The van der Waals surface area contributed by atoms with Crippen molar-refractivity contribution in [1.29, 1.82) is 0 Å². The summed E-state index contributed by atoms with van der Waals surface area (Å²) in [7, 11) is 1.66. The Morgan fingerprint density at radius 3 is 2.71 bits per heavy atom. The molecule has 1 heterocycles. The number of aromatic nitrogens is 1. The van der Waals surface area contributed by atoms with E-state index in [0.29, 0.717) is 26.3 Å². The van der Waals surface area contributed by atoms with E-state index >= 15 is 0 Å². The summed E-state index contributed by atoms with van der Waals surface area (Å²) in [6.07, 6.45) is 1.68. The van der Waals surface area contributed by atoms with Crippen LogP contribution < -0.4 is 15.4 Å². The van der Waals surface area contributed by atoms with E-state index in [-0.39, 0.29) is 0 Å². The van der Waals surface area contributed by atoms with Crippen molar-refractivity contribution in [2.24, 2.45) is 4.99 Å². The summed E-state index contributed by atoms with van der Waals surface area (Å²) < 4.78 is 16.1. The smallest absolute Gasteiger partial charge is 0.191 e. The SMILES string of the molecule is CCNC(=NCc1cccc(OCCOC)c1)NCc1c(CC)noc1CC. The first kappa shape index (κ1) is 21.8. The number of nitrogens with one attached hydrogen (secondary N) is 2. The molecule has 0 fully saturated rings. The van der Waals surface area contributed by atoms with Crippen LogP contribution in [0, 0.1) is 0 Å². The molecule has 7 nitrogen and oxygen atoms in total. The lowest BCUT2D eigenvalue weighted by atomic mass is 10.1. The highest BCUT2D eigenvalue weighted by atomic mass is 16.5. The van der Waals surface area contributed by atoms with Gasteiger partial charge in [-0.3, -0.25) is 0 Å². The molecule has 154 valence electrons. The summed E-state index contributed by atoms with van der Waals surface area (Å²) in [4.78, 5) is 4.69. The first-order chi connectivity index (χ1) is 13.7. The maximum Gasteiger partial charge on any atom is 0.191 e. The highest BCUT2D eigenvalue weighted by molar-refractivity contribution is 5.79. The van der Waals surface area contributed by atoms with Crippen LogP contribution in [0.15, 0.2) is 33.8 Å². The second-order valence-corrected chi connectivity index (χ2v) is 6.28. The summed E-state index contributed by atoms with van der Waals surface area (Å²) in [5.41, 5.74) is 3.21. The van der Waals surface area contributed by atoms with Crippen LogP contribution in [0.2, 0.25) is 0 Å². The Morgan fingerprint density at radius 1 is 1.14 bits per heavy atom. The highest BCUT2D eigenvalue weighted by Gasteiger charge is 2.13. The molecule has 1 aromatic heterocycles. The van der Waals surface area contributed by atoms with Crippen molar-refractivity contribution >= 4 is 5.96 Å². The standard InChI is InChI=1S/C21H32N4O3/c1-5-19-18(20(6-2)28-25-19)15-24-21(22-7-3)23-14-16-9-8-10-17(13-16)27-12-11-26-4/h8-10,13H,5-7,11-12,14-15H2,1-4H3,(H2,22,23,24). The lowest BCUT2D eigenvalue weighted by Crippen LogP contribution is -2.37. The molecule has 0 spiro atoms. The molecule has 0 aliphatic heterocycles. The zero-order valence-corrected chi connectivity index (χ0v) is 17.4. The summed E-state index contributed by atoms with van der Waals surface area (Å²) in [6.45, 7) is 9.30. The zero-order valence-electron chi connectivity index (χ0n) is 17.4. The first-order valence-corrected chi connectivity index (χ1v) is 9.90. The number of hydrogen-bond acceptors (Lipinski definition) is 5. The number of guanidine groups is 1. The summed E-state index contributed by atoms with van der Waals surface area (Å²) >= 11 is 0. The predicted octanol–water partition coefficient (Wildman–Crippen LogP) is 3.08. The third kappa shape index (κ3) is 6.56. The fourth-order valence-electron chi connectivity index (χ4n) is 2.80. The van der Waals surface area contributed by atoms with Crippen LogP contribution in [0.1, 0.15) is 43.4 Å². The number of hydrogen-bond donors (Lipinski definition) is 2. The summed E-state index contributed by atoms with van der Waals surface area (Å²) in [5, 5.41) is 10.8. The van der Waals surface area contributed by atoms with E-state index in [4.69, 9.17) is 19.0 Å². The monoisotopic (exact) mass is 388 g/mol. The number of ether oxygens (including phenoxy) is 2. The van der Waals surface area contributed by atoms with Gasteiger partial charge in [0.2, 0.25) is 0 Å². The van der Waals surface area contributed by atoms with Gasteiger partial charge in [-0.2, -0.15) is 0 Å². The minimum atomic E-state index is 0.533. The quantitative estimate of drug-likeness (QED) is 0.350. The molecule has 0 unspecified atom stereocenters. The number of rotatable bonds is 11. The average Bonchev–Trinajstić information content (AvgIpc) is 3.12. The van der Waals surface area contributed by atoms with Crippen LogP contribution in [0.25, 0.3) is 0 Å². The summed E-state index contributed by atoms with van der Waals surface area (Å²) in [5.74, 6) is 2.52. The second kappa shape index (κ2) is 12.0. The van der Waals surface area contributed by atoms with E-state index in [2.05, 4.69) is 36.6 Å². The summed E-state index contributed by atoms with van der Waals surface area (Å²) in [6, 6.07) is 7.97. The molecule has 0 amide bonds.